The molecule has 0 fully saturated rings. The Morgan fingerprint density at radius 3 is 2.44 bits per heavy atom. The van der Waals surface area contributed by atoms with Crippen LogP contribution in [0.2, 0.25) is 10.0 Å². The summed E-state index contributed by atoms with van der Waals surface area (Å²) in [6.07, 6.45) is 1.50. The van der Waals surface area contributed by atoms with Gasteiger partial charge in [0.05, 0.1) is 27.2 Å². The molecule has 174 valence electrons. The van der Waals surface area contributed by atoms with E-state index in [1.54, 1.807) is 36.4 Å². The third kappa shape index (κ3) is 5.32. The van der Waals surface area contributed by atoms with Crippen molar-refractivity contribution in [2.24, 2.45) is 5.10 Å². The van der Waals surface area contributed by atoms with Crippen molar-refractivity contribution in [3.05, 3.63) is 102 Å². The maximum Gasteiger partial charge on any atom is 0.282 e. The molecule has 0 spiro atoms. The van der Waals surface area contributed by atoms with Gasteiger partial charge in [-0.25, -0.2) is 9.37 Å². The highest BCUT2D eigenvalue weighted by Crippen LogP contribution is 2.34. The van der Waals surface area contributed by atoms with Gasteiger partial charge in [-0.1, -0.05) is 65.1 Å². The first-order valence-corrected chi connectivity index (χ1v) is 11.9. The minimum Gasteiger partial charge on any atom is -0.486 e. The summed E-state index contributed by atoms with van der Waals surface area (Å²) in [4.78, 5) is 17.8. The molecule has 0 aliphatic heterocycles. The molecule has 3 aromatic carbocycles. The molecule has 0 amide bonds. The fraction of sp³-hybridized carbons (Fsp3) is 0.160. The monoisotopic (exact) mass is 561 g/mol. The average molecular weight is 563 g/mol. The van der Waals surface area contributed by atoms with Crippen LogP contribution in [0.25, 0.3) is 10.9 Å². The van der Waals surface area contributed by atoms with E-state index in [9.17, 15) is 9.18 Å². The van der Waals surface area contributed by atoms with Crippen LogP contribution in [-0.4, -0.2) is 15.9 Å². The quantitative estimate of drug-likeness (QED) is 0.234. The van der Waals surface area contributed by atoms with Gasteiger partial charge < -0.3 is 4.74 Å². The van der Waals surface area contributed by atoms with Crippen LogP contribution in [0.5, 0.6) is 5.75 Å². The lowest BCUT2D eigenvalue weighted by atomic mass is 10.2. The fourth-order valence-corrected chi connectivity index (χ4v) is 4.28. The smallest absolute Gasteiger partial charge is 0.282 e. The van der Waals surface area contributed by atoms with Crippen molar-refractivity contribution in [2.75, 3.05) is 0 Å². The zero-order valence-corrected chi connectivity index (χ0v) is 21.3. The van der Waals surface area contributed by atoms with Gasteiger partial charge in [0, 0.05) is 10.4 Å². The average Bonchev–Trinajstić information content (AvgIpc) is 2.79. The minimum atomic E-state index is -0.322. The second kappa shape index (κ2) is 10.3. The number of hydrogen-bond donors (Lipinski definition) is 0. The molecule has 0 saturated heterocycles. The van der Waals surface area contributed by atoms with Crippen LogP contribution >= 0.6 is 39.1 Å². The van der Waals surface area contributed by atoms with Gasteiger partial charge in [0.1, 0.15) is 18.2 Å². The van der Waals surface area contributed by atoms with E-state index in [1.165, 1.54) is 23.0 Å². The summed E-state index contributed by atoms with van der Waals surface area (Å²) < 4.78 is 20.9. The zero-order valence-electron chi connectivity index (χ0n) is 18.2. The lowest BCUT2D eigenvalue weighted by Crippen LogP contribution is -2.23. The molecule has 0 saturated carbocycles. The number of fused-ring (bicyclic) bond motifs is 1. The van der Waals surface area contributed by atoms with E-state index in [4.69, 9.17) is 27.9 Å². The Hall–Kier alpha value is -2.74. The molecule has 0 atom stereocenters. The van der Waals surface area contributed by atoms with E-state index < -0.39 is 0 Å². The molecular weight excluding hydrogens is 544 g/mol. The van der Waals surface area contributed by atoms with Crippen molar-refractivity contribution in [2.45, 2.75) is 26.4 Å². The molecule has 1 heterocycles. The highest BCUT2D eigenvalue weighted by Gasteiger charge is 2.14. The van der Waals surface area contributed by atoms with Gasteiger partial charge in [0.25, 0.3) is 5.56 Å². The first kappa shape index (κ1) is 24.4. The van der Waals surface area contributed by atoms with Crippen molar-refractivity contribution in [1.82, 2.24) is 9.66 Å². The third-order valence-corrected chi connectivity index (χ3v) is 6.04. The molecule has 1 aromatic heterocycles. The van der Waals surface area contributed by atoms with E-state index in [0.29, 0.717) is 28.0 Å². The SMILES string of the molecule is CC(C)c1nc2ccc(Br)cc2c(=O)n1N=Cc1cc(Cl)c(OCc2ccc(F)cc2)c(Cl)c1. The van der Waals surface area contributed by atoms with Gasteiger partial charge in [-0.15, -0.1) is 0 Å². The largest absolute Gasteiger partial charge is 0.486 e. The number of aromatic nitrogens is 2. The van der Waals surface area contributed by atoms with Crippen molar-refractivity contribution in [3.8, 4) is 5.75 Å². The summed E-state index contributed by atoms with van der Waals surface area (Å²) >= 11 is 16.2. The van der Waals surface area contributed by atoms with Crippen molar-refractivity contribution >= 4 is 56.2 Å². The van der Waals surface area contributed by atoms with E-state index >= 15 is 0 Å². The molecule has 9 heteroatoms. The highest BCUT2D eigenvalue weighted by molar-refractivity contribution is 9.10. The van der Waals surface area contributed by atoms with Crippen molar-refractivity contribution < 1.29 is 9.13 Å². The normalized spacial score (nSPS) is 11.6. The lowest BCUT2D eigenvalue weighted by Gasteiger charge is -2.12. The van der Waals surface area contributed by atoms with Gasteiger partial charge in [0.2, 0.25) is 0 Å². The summed E-state index contributed by atoms with van der Waals surface area (Å²) in [6.45, 7) is 4.07. The second-order valence-electron chi connectivity index (χ2n) is 7.88. The second-order valence-corrected chi connectivity index (χ2v) is 9.61. The number of halogens is 4. The Balaban J connectivity index is 1.65. The molecule has 0 radical (unpaired) electrons. The summed E-state index contributed by atoms with van der Waals surface area (Å²) in [7, 11) is 0. The summed E-state index contributed by atoms with van der Waals surface area (Å²) in [5.41, 5.74) is 1.69. The number of hydrogen-bond acceptors (Lipinski definition) is 4. The molecule has 0 aliphatic rings. The predicted octanol–water partition coefficient (Wildman–Crippen LogP) is 7.19. The molecule has 34 heavy (non-hydrogen) atoms. The Labute approximate surface area is 213 Å². The predicted molar refractivity (Wildman–Crippen MR) is 138 cm³/mol. The topological polar surface area (TPSA) is 56.5 Å². The van der Waals surface area contributed by atoms with Crippen LogP contribution in [0.3, 0.4) is 0 Å². The molecule has 4 rings (SSSR count). The summed E-state index contributed by atoms with van der Waals surface area (Å²) in [5.74, 6) is 0.485. The van der Waals surface area contributed by atoms with E-state index in [0.717, 1.165) is 10.0 Å². The Kier molecular flexibility index (Phi) is 7.36. The zero-order chi connectivity index (χ0) is 24.4. The Morgan fingerprint density at radius 1 is 1.12 bits per heavy atom. The number of nitrogens with zero attached hydrogens (tertiary/aromatic N) is 3. The van der Waals surface area contributed by atoms with Crippen LogP contribution in [0, 0.1) is 5.82 Å². The molecule has 0 N–H and O–H groups in total. The maximum absolute atomic E-state index is 13.1. The minimum absolute atomic E-state index is 0.0349. The van der Waals surface area contributed by atoms with E-state index in [-0.39, 0.29) is 33.9 Å². The van der Waals surface area contributed by atoms with Gasteiger partial charge in [-0.3, -0.25) is 4.79 Å². The fourth-order valence-electron chi connectivity index (χ4n) is 3.30. The maximum atomic E-state index is 13.1. The molecule has 0 bridgehead atoms. The molecular formula is C25H19BrCl2FN3O2. The van der Waals surface area contributed by atoms with Crippen molar-refractivity contribution in [3.63, 3.8) is 0 Å². The molecule has 0 aliphatic carbocycles. The Bertz CT molecular complexity index is 1430. The summed E-state index contributed by atoms with van der Waals surface area (Å²) in [6, 6.07) is 14.6. The van der Waals surface area contributed by atoms with Gasteiger partial charge in [-0.05, 0) is 53.6 Å². The highest BCUT2D eigenvalue weighted by atomic mass is 79.9. The number of benzene rings is 3. The van der Waals surface area contributed by atoms with Crippen molar-refractivity contribution in [1.29, 1.82) is 0 Å². The van der Waals surface area contributed by atoms with Crippen LogP contribution in [0.4, 0.5) is 4.39 Å². The van der Waals surface area contributed by atoms with Crippen LogP contribution in [0.15, 0.2) is 69.0 Å². The standard InChI is InChI=1S/C25H19BrCl2FN3O2/c1-14(2)24-31-22-8-5-17(26)11-19(22)25(33)32(24)30-12-16-9-20(27)23(21(28)10-16)34-13-15-3-6-18(29)7-4-15/h3-12,14H,13H2,1-2H3. The Morgan fingerprint density at radius 2 is 1.79 bits per heavy atom. The van der Waals surface area contributed by atoms with Gasteiger partial charge >= 0.3 is 0 Å². The van der Waals surface area contributed by atoms with E-state index in [2.05, 4.69) is 26.0 Å². The molecule has 5 nitrogen and oxygen atoms in total. The lowest BCUT2D eigenvalue weighted by molar-refractivity contribution is 0.306. The van der Waals surface area contributed by atoms with E-state index in [1.807, 2.05) is 19.9 Å². The molecule has 0 unspecified atom stereocenters. The van der Waals surface area contributed by atoms with Crippen LogP contribution in [0.1, 0.15) is 36.7 Å². The summed E-state index contributed by atoms with van der Waals surface area (Å²) in [5, 5.41) is 5.42. The first-order chi connectivity index (χ1) is 16.2. The van der Waals surface area contributed by atoms with Gasteiger partial charge in [-0.2, -0.15) is 9.78 Å². The number of rotatable bonds is 6. The van der Waals surface area contributed by atoms with Crippen LogP contribution < -0.4 is 10.3 Å². The van der Waals surface area contributed by atoms with Crippen LogP contribution in [-0.2, 0) is 6.61 Å². The third-order valence-electron chi connectivity index (χ3n) is 4.99. The molecule has 4 aromatic rings. The number of ether oxygens (including phenoxy) is 1. The first-order valence-electron chi connectivity index (χ1n) is 10.4. The van der Waals surface area contributed by atoms with Gasteiger partial charge in [0.15, 0.2) is 5.75 Å².